The molecule has 6 heteroatoms. The molecule has 0 aliphatic carbocycles. The Morgan fingerprint density at radius 3 is 2.45 bits per heavy atom. The van der Waals surface area contributed by atoms with Crippen LogP contribution < -0.4 is 0 Å². The van der Waals surface area contributed by atoms with Gasteiger partial charge < -0.3 is 19.3 Å². The number of amides is 1. The van der Waals surface area contributed by atoms with Gasteiger partial charge in [-0.2, -0.15) is 0 Å². The van der Waals surface area contributed by atoms with Crippen LogP contribution >= 0.6 is 0 Å². The maximum absolute atomic E-state index is 12.5. The molecule has 6 nitrogen and oxygen atoms in total. The molecule has 3 fully saturated rings. The first-order valence-electron chi connectivity index (χ1n) is 8.61. The Morgan fingerprint density at radius 1 is 1.05 bits per heavy atom. The van der Waals surface area contributed by atoms with Crippen molar-refractivity contribution in [2.75, 3.05) is 72.7 Å². The highest BCUT2D eigenvalue weighted by Gasteiger charge is 2.31. The first-order chi connectivity index (χ1) is 10.7. The largest absolute Gasteiger partial charge is 0.381 e. The first-order valence-corrected chi connectivity index (χ1v) is 8.61. The number of rotatable bonds is 3. The quantitative estimate of drug-likeness (QED) is 0.728. The molecule has 0 bridgehead atoms. The minimum Gasteiger partial charge on any atom is -0.381 e. The van der Waals surface area contributed by atoms with Crippen molar-refractivity contribution in [3.8, 4) is 0 Å². The molecule has 0 N–H and O–H groups in total. The Balaban J connectivity index is 1.41. The van der Waals surface area contributed by atoms with E-state index in [1.54, 1.807) is 0 Å². The molecule has 1 atom stereocenters. The molecule has 126 valence electrons. The van der Waals surface area contributed by atoms with E-state index in [0.717, 1.165) is 64.9 Å². The molecule has 1 amide bonds. The molecular weight excluding hydrogens is 282 g/mol. The van der Waals surface area contributed by atoms with Crippen LogP contribution in [0.4, 0.5) is 0 Å². The molecule has 0 aromatic rings. The Labute approximate surface area is 133 Å². The predicted molar refractivity (Wildman–Crippen MR) is 83.8 cm³/mol. The molecule has 3 heterocycles. The fourth-order valence-electron chi connectivity index (χ4n) is 3.58. The number of morpholine rings is 1. The smallest absolute Gasteiger partial charge is 0.253 e. The van der Waals surface area contributed by atoms with Crippen LogP contribution in [0.15, 0.2) is 0 Å². The molecule has 22 heavy (non-hydrogen) atoms. The van der Waals surface area contributed by atoms with E-state index in [1.807, 2.05) is 4.90 Å². The highest BCUT2D eigenvalue weighted by molar-refractivity contribution is 5.81. The second-order valence-corrected chi connectivity index (χ2v) is 6.80. The number of hydrogen-bond donors (Lipinski definition) is 0. The lowest BCUT2D eigenvalue weighted by Crippen LogP contribution is -2.55. The van der Waals surface area contributed by atoms with Crippen molar-refractivity contribution >= 4 is 5.91 Å². The molecule has 0 aromatic carbocycles. The minimum atomic E-state index is -0.263. The van der Waals surface area contributed by atoms with Crippen LogP contribution in [-0.4, -0.2) is 99.4 Å². The lowest BCUT2D eigenvalue weighted by Gasteiger charge is -2.39. The van der Waals surface area contributed by atoms with Gasteiger partial charge in [0, 0.05) is 59.0 Å². The maximum Gasteiger partial charge on any atom is 0.253 e. The second-order valence-electron chi connectivity index (χ2n) is 6.80. The number of likely N-dealkylation sites (N-methyl/N-ethyl adjacent to an activating group) is 1. The van der Waals surface area contributed by atoms with E-state index in [-0.39, 0.29) is 12.0 Å². The lowest BCUT2D eigenvalue weighted by atomic mass is 9.99. The highest BCUT2D eigenvalue weighted by Crippen LogP contribution is 2.17. The molecule has 3 rings (SSSR count). The van der Waals surface area contributed by atoms with Crippen molar-refractivity contribution in [1.82, 2.24) is 14.7 Å². The lowest BCUT2D eigenvalue weighted by molar-refractivity contribution is -0.150. The van der Waals surface area contributed by atoms with E-state index in [9.17, 15) is 4.79 Å². The molecular formula is C16H29N3O3. The molecule has 1 unspecified atom stereocenters. The summed E-state index contributed by atoms with van der Waals surface area (Å²) in [5.41, 5.74) is 0. The summed E-state index contributed by atoms with van der Waals surface area (Å²) in [6, 6.07) is 0. The summed E-state index contributed by atoms with van der Waals surface area (Å²) in [5, 5.41) is 0. The third kappa shape index (κ3) is 4.19. The second kappa shape index (κ2) is 7.73. The Bertz CT molecular complexity index is 366. The summed E-state index contributed by atoms with van der Waals surface area (Å²) in [6.07, 6.45) is 2.10. The fourth-order valence-corrected chi connectivity index (χ4v) is 3.58. The van der Waals surface area contributed by atoms with Crippen molar-refractivity contribution in [2.45, 2.75) is 18.9 Å². The number of ether oxygens (including phenoxy) is 2. The van der Waals surface area contributed by atoms with Gasteiger partial charge in [-0.25, -0.2) is 0 Å². The maximum atomic E-state index is 12.5. The highest BCUT2D eigenvalue weighted by atomic mass is 16.5. The van der Waals surface area contributed by atoms with Crippen LogP contribution in [0.3, 0.4) is 0 Å². The number of carbonyl (C=O) groups is 1. The van der Waals surface area contributed by atoms with E-state index in [4.69, 9.17) is 9.47 Å². The van der Waals surface area contributed by atoms with Gasteiger partial charge in [0.1, 0.15) is 6.10 Å². The topological polar surface area (TPSA) is 45.2 Å². The van der Waals surface area contributed by atoms with E-state index in [1.165, 1.54) is 12.8 Å². The average Bonchev–Trinajstić information content (AvgIpc) is 2.56. The van der Waals surface area contributed by atoms with Crippen LogP contribution in [0, 0.1) is 5.92 Å². The van der Waals surface area contributed by atoms with Crippen LogP contribution in [-0.2, 0) is 14.3 Å². The van der Waals surface area contributed by atoms with Gasteiger partial charge in [-0.05, 0) is 25.8 Å². The molecule has 3 aliphatic heterocycles. The normalized spacial score (nSPS) is 29.7. The third-order valence-electron chi connectivity index (χ3n) is 5.09. The minimum absolute atomic E-state index is 0.178. The molecule has 0 aromatic heterocycles. The molecule has 0 spiro atoms. The van der Waals surface area contributed by atoms with Gasteiger partial charge in [-0.15, -0.1) is 0 Å². The standard InChI is InChI=1S/C16H29N3O3/c1-17-8-11-22-15(13-17)16(20)19-6-4-18(5-7-19)12-14-2-9-21-10-3-14/h14-15H,2-13H2,1H3. The third-order valence-corrected chi connectivity index (χ3v) is 5.09. The van der Waals surface area contributed by atoms with Crippen molar-refractivity contribution in [3.63, 3.8) is 0 Å². The van der Waals surface area contributed by atoms with Crippen LogP contribution in [0.1, 0.15) is 12.8 Å². The van der Waals surface area contributed by atoms with E-state index in [0.29, 0.717) is 6.61 Å². The van der Waals surface area contributed by atoms with Crippen molar-refractivity contribution in [3.05, 3.63) is 0 Å². The number of hydrogen-bond acceptors (Lipinski definition) is 5. The number of carbonyl (C=O) groups excluding carboxylic acids is 1. The van der Waals surface area contributed by atoms with Crippen LogP contribution in [0.2, 0.25) is 0 Å². The molecule has 3 saturated heterocycles. The van der Waals surface area contributed by atoms with Gasteiger partial charge in [-0.3, -0.25) is 9.69 Å². The summed E-state index contributed by atoms with van der Waals surface area (Å²) < 4.78 is 11.1. The summed E-state index contributed by atoms with van der Waals surface area (Å²) in [5.74, 6) is 0.948. The summed E-state index contributed by atoms with van der Waals surface area (Å²) in [4.78, 5) is 19.2. The number of piperazine rings is 1. The predicted octanol–water partition coefficient (Wildman–Crippen LogP) is -0.112. The molecule has 0 radical (unpaired) electrons. The summed E-state index contributed by atoms with van der Waals surface area (Å²) >= 11 is 0. The fraction of sp³-hybridized carbons (Fsp3) is 0.938. The average molecular weight is 311 g/mol. The van der Waals surface area contributed by atoms with Crippen molar-refractivity contribution < 1.29 is 14.3 Å². The summed E-state index contributed by atoms with van der Waals surface area (Å²) in [6.45, 7) is 8.95. The van der Waals surface area contributed by atoms with Gasteiger partial charge in [0.15, 0.2) is 0 Å². The van der Waals surface area contributed by atoms with Gasteiger partial charge in [0.2, 0.25) is 0 Å². The van der Waals surface area contributed by atoms with E-state index < -0.39 is 0 Å². The number of nitrogens with zero attached hydrogens (tertiary/aromatic N) is 3. The van der Waals surface area contributed by atoms with Gasteiger partial charge in [-0.1, -0.05) is 0 Å². The van der Waals surface area contributed by atoms with Gasteiger partial charge >= 0.3 is 0 Å². The van der Waals surface area contributed by atoms with Gasteiger partial charge in [0.25, 0.3) is 5.91 Å². The Morgan fingerprint density at radius 2 is 1.77 bits per heavy atom. The molecule has 0 saturated carbocycles. The zero-order valence-corrected chi connectivity index (χ0v) is 13.7. The zero-order valence-electron chi connectivity index (χ0n) is 13.7. The van der Waals surface area contributed by atoms with Gasteiger partial charge in [0.05, 0.1) is 6.61 Å². The zero-order chi connectivity index (χ0) is 15.4. The van der Waals surface area contributed by atoms with Crippen LogP contribution in [0.25, 0.3) is 0 Å². The van der Waals surface area contributed by atoms with Crippen molar-refractivity contribution in [1.29, 1.82) is 0 Å². The Kier molecular flexibility index (Phi) is 5.68. The monoisotopic (exact) mass is 311 g/mol. The van der Waals surface area contributed by atoms with Crippen molar-refractivity contribution in [2.24, 2.45) is 5.92 Å². The van der Waals surface area contributed by atoms with E-state index >= 15 is 0 Å². The van der Waals surface area contributed by atoms with E-state index in [2.05, 4.69) is 16.8 Å². The Hall–Kier alpha value is -0.690. The molecule has 3 aliphatic rings. The first kappa shape index (κ1) is 16.2. The SMILES string of the molecule is CN1CCOC(C(=O)N2CCN(CC3CCOCC3)CC2)C1. The summed E-state index contributed by atoms with van der Waals surface area (Å²) in [7, 11) is 2.05. The van der Waals surface area contributed by atoms with Crippen LogP contribution in [0.5, 0.6) is 0 Å².